The molecule has 21 heavy (non-hydrogen) atoms. The lowest BCUT2D eigenvalue weighted by atomic mass is 9.86. The molecular formula is C15H26N2O4. The Balaban J connectivity index is 1.68. The van der Waals surface area contributed by atoms with Crippen molar-refractivity contribution in [2.75, 3.05) is 20.3 Å². The second-order valence-electron chi connectivity index (χ2n) is 6.47. The molecule has 0 saturated heterocycles. The smallest absolute Gasteiger partial charge is 0.315 e. The second-order valence-corrected chi connectivity index (χ2v) is 6.47. The molecule has 0 heterocycles. The minimum Gasteiger partial charge on any atom is -0.481 e. The van der Waals surface area contributed by atoms with Gasteiger partial charge in [0.2, 0.25) is 0 Å². The van der Waals surface area contributed by atoms with Gasteiger partial charge in [0.25, 0.3) is 0 Å². The Bertz CT molecular complexity index is 382. The summed E-state index contributed by atoms with van der Waals surface area (Å²) >= 11 is 0. The molecule has 120 valence electrons. The van der Waals surface area contributed by atoms with E-state index >= 15 is 0 Å². The molecule has 2 aliphatic carbocycles. The Morgan fingerprint density at radius 2 is 2.10 bits per heavy atom. The summed E-state index contributed by atoms with van der Waals surface area (Å²) in [6.07, 6.45) is 6.25. The van der Waals surface area contributed by atoms with Crippen LogP contribution in [0.1, 0.15) is 44.9 Å². The van der Waals surface area contributed by atoms with Crippen molar-refractivity contribution in [3.63, 3.8) is 0 Å². The second kappa shape index (κ2) is 7.11. The summed E-state index contributed by atoms with van der Waals surface area (Å²) in [7, 11) is 1.69. The summed E-state index contributed by atoms with van der Waals surface area (Å²) in [5.41, 5.74) is 0.226. The lowest BCUT2D eigenvalue weighted by Crippen LogP contribution is -2.46. The van der Waals surface area contributed by atoms with Crippen molar-refractivity contribution in [3.8, 4) is 0 Å². The average Bonchev–Trinajstić information content (AvgIpc) is 3.24. The normalized spacial score (nSPS) is 26.9. The Labute approximate surface area is 125 Å². The monoisotopic (exact) mass is 298 g/mol. The number of hydrogen-bond acceptors (Lipinski definition) is 3. The maximum atomic E-state index is 11.9. The number of hydrogen-bond donors (Lipinski definition) is 3. The summed E-state index contributed by atoms with van der Waals surface area (Å²) in [4.78, 5) is 22.9. The van der Waals surface area contributed by atoms with E-state index in [1.807, 2.05) is 0 Å². The van der Waals surface area contributed by atoms with Crippen LogP contribution in [0.2, 0.25) is 0 Å². The van der Waals surface area contributed by atoms with E-state index in [0.717, 1.165) is 45.1 Å². The third-order valence-electron chi connectivity index (χ3n) is 4.78. The predicted octanol–water partition coefficient (Wildman–Crippen LogP) is 1.75. The van der Waals surface area contributed by atoms with Crippen LogP contribution in [-0.2, 0) is 9.53 Å². The Morgan fingerprint density at radius 1 is 1.33 bits per heavy atom. The van der Waals surface area contributed by atoms with E-state index < -0.39 is 5.97 Å². The van der Waals surface area contributed by atoms with Gasteiger partial charge >= 0.3 is 12.0 Å². The molecule has 2 atom stereocenters. The van der Waals surface area contributed by atoms with E-state index in [1.54, 1.807) is 7.11 Å². The lowest BCUT2D eigenvalue weighted by Gasteiger charge is -2.27. The van der Waals surface area contributed by atoms with Crippen molar-refractivity contribution in [2.45, 2.75) is 51.0 Å². The number of amides is 2. The molecule has 3 N–H and O–H groups in total. The van der Waals surface area contributed by atoms with Gasteiger partial charge in [-0.05, 0) is 43.9 Å². The SMILES string of the molecule is COCCC1(CNC(=O)NC2CCCC(C(=O)O)C2)CC1. The topological polar surface area (TPSA) is 87.7 Å². The van der Waals surface area contributed by atoms with E-state index in [9.17, 15) is 9.59 Å². The molecule has 0 aromatic rings. The summed E-state index contributed by atoms with van der Waals surface area (Å²) in [6, 6.07) is -0.191. The number of methoxy groups -OCH3 is 1. The summed E-state index contributed by atoms with van der Waals surface area (Å²) in [5, 5.41) is 14.9. The summed E-state index contributed by atoms with van der Waals surface area (Å²) in [6.45, 7) is 1.41. The highest BCUT2D eigenvalue weighted by Gasteiger charge is 2.42. The van der Waals surface area contributed by atoms with Gasteiger partial charge in [0.15, 0.2) is 0 Å². The molecule has 2 saturated carbocycles. The van der Waals surface area contributed by atoms with E-state index in [1.165, 1.54) is 0 Å². The minimum atomic E-state index is -0.751. The molecule has 0 radical (unpaired) electrons. The van der Waals surface area contributed by atoms with Crippen molar-refractivity contribution in [1.82, 2.24) is 10.6 Å². The number of carboxylic acid groups (broad SMARTS) is 1. The van der Waals surface area contributed by atoms with E-state index in [2.05, 4.69) is 10.6 Å². The van der Waals surface area contributed by atoms with Crippen molar-refractivity contribution < 1.29 is 19.4 Å². The molecule has 6 nitrogen and oxygen atoms in total. The highest BCUT2D eigenvalue weighted by molar-refractivity contribution is 5.74. The first-order valence-electron chi connectivity index (χ1n) is 7.81. The summed E-state index contributed by atoms with van der Waals surface area (Å²) in [5.74, 6) is -1.07. The zero-order valence-corrected chi connectivity index (χ0v) is 12.7. The maximum Gasteiger partial charge on any atom is 0.315 e. The van der Waals surface area contributed by atoms with Crippen LogP contribution < -0.4 is 10.6 Å². The largest absolute Gasteiger partial charge is 0.481 e. The van der Waals surface area contributed by atoms with Crippen LogP contribution in [0.25, 0.3) is 0 Å². The molecule has 0 aromatic heterocycles. The van der Waals surface area contributed by atoms with E-state index in [0.29, 0.717) is 13.0 Å². The number of carbonyl (C=O) groups is 2. The molecule has 0 aromatic carbocycles. The molecule has 2 rings (SSSR count). The van der Waals surface area contributed by atoms with Crippen LogP contribution in [0.3, 0.4) is 0 Å². The standard InChI is InChI=1S/C15H26N2O4/c1-21-8-7-15(5-6-15)10-16-14(20)17-12-4-2-3-11(9-12)13(18)19/h11-12H,2-10H2,1H3,(H,18,19)(H2,16,17,20). The maximum absolute atomic E-state index is 11.9. The Hall–Kier alpha value is -1.30. The van der Waals surface area contributed by atoms with Crippen LogP contribution in [0, 0.1) is 11.3 Å². The van der Waals surface area contributed by atoms with Crippen LogP contribution in [0.5, 0.6) is 0 Å². The van der Waals surface area contributed by atoms with Gasteiger partial charge in [-0.3, -0.25) is 4.79 Å². The van der Waals surface area contributed by atoms with Gasteiger partial charge in [0, 0.05) is 26.3 Å². The van der Waals surface area contributed by atoms with E-state index in [-0.39, 0.29) is 23.4 Å². The first-order valence-corrected chi connectivity index (χ1v) is 7.81. The lowest BCUT2D eigenvalue weighted by molar-refractivity contribution is -0.143. The molecule has 0 spiro atoms. The molecule has 2 amide bonds. The van der Waals surface area contributed by atoms with Gasteiger partial charge in [-0.1, -0.05) is 6.42 Å². The van der Waals surface area contributed by atoms with Crippen LogP contribution in [0.15, 0.2) is 0 Å². The molecule has 2 aliphatic rings. The van der Waals surface area contributed by atoms with Gasteiger partial charge in [-0.2, -0.15) is 0 Å². The fourth-order valence-corrected chi connectivity index (χ4v) is 3.06. The van der Waals surface area contributed by atoms with Crippen molar-refractivity contribution in [1.29, 1.82) is 0 Å². The van der Waals surface area contributed by atoms with E-state index in [4.69, 9.17) is 9.84 Å². The minimum absolute atomic E-state index is 0.0195. The van der Waals surface area contributed by atoms with Gasteiger partial charge in [-0.15, -0.1) is 0 Å². The first kappa shape index (κ1) is 16.1. The fraction of sp³-hybridized carbons (Fsp3) is 0.867. The molecule has 0 aliphatic heterocycles. The number of rotatable bonds is 7. The van der Waals surface area contributed by atoms with Crippen molar-refractivity contribution in [2.24, 2.45) is 11.3 Å². The molecule has 2 fully saturated rings. The zero-order valence-electron chi connectivity index (χ0n) is 12.7. The molecular weight excluding hydrogens is 272 g/mol. The highest BCUT2D eigenvalue weighted by atomic mass is 16.5. The molecule has 2 unspecified atom stereocenters. The number of aliphatic carboxylic acids is 1. The van der Waals surface area contributed by atoms with Gasteiger partial charge in [0.1, 0.15) is 0 Å². The number of carbonyl (C=O) groups excluding carboxylic acids is 1. The molecule has 0 bridgehead atoms. The molecule has 6 heteroatoms. The van der Waals surface area contributed by atoms with Gasteiger partial charge in [-0.25, -0.2) is 4.79 Å². The van der Waals surface area contributed by atoms with Gasteiger partial charge < -0.3 is 20.5 Å². The van der Waals surface area contributed by atoms with Crippen LogP contribution >= 0.6 is 0 Å². The number of nitrogens with one attached hydrogen (secondary N) is 2. The number of ether oxygens (including phenoxy) is 1. The third kappa shape index (κ3) is 4.88. The number of urea groups is 1. The zero-order chi connectivity index (χ0) is 15.3. The average molecular weight is 298 g/mol. The third-order valence-corrected chi connectivity index (χ3v) is 4.78. The first-order chi connectivity index (χ1) is 10.0. The Morgan fingerprint density at radius 3 is 2.71 bits per heavy atom. The van der Waals surface area contributed by atoms with Crippen LogP contribution in [0.4, 0.5) is 4.79 Å². The van der Waals surface area contributed by atoms with Crippen LogP contribution in [-0.4, -0.2) is 43.4 Å². The highest BCUT2D eigenvalue weighted by Crippen LogP contribution is 2.48. The van der Waals surface area contributed by atoms with Crippen molar-refractivity contribution in [3.05, 3.63) is 0 Å². The quantitative estimate of drug-likeness (QED) is 0.668. The number of carboxylic acids is 1. The fourth-order valence-electron chi connectivity index (χ4n) is 3.06. The van der Waals surface area contributed by atoms with Crippen molar-refractivity contribution >= 4 is 12.0 Å². The Kier molecular flexibility index (Phi) is 5.45. The predicted molar refractivity (Wildman–Crippen MR) is 78.1 cm³/mol. The van der Waals surface area contributed by atoms with Gasteiger partial charge in [0.05, 0.1) is 5.92 Å². The summed E-state index contributed by atoms with van der Waals surface area (Å²) < 4.78 is 5.10.